The summed E-state index contributed by atoms with van der Waals surface area (Å²) in [5, 5.41) is 3.30. The van der Waals surface area contributed by atoms with Gasteiger partial charge in [-0.05, 0) is 38.5 Å². The lowest BCUT2D eigenvalue weighted by Gasteiger charge is -2.34. The summed E-state index contributed by atoms with van der Waals surface area (Å²) in [6.07, 6.45) is 5.21. The first-order chi connectivity index (χ1) is 11.6. The molecule has 136 valence electrons. The number of carbonyl (C=O) groups excluding carboxylic acids is 2. The first kappa shape index (κ1) is 18.5. The minimum Gasteiger partial charge on any atom is -0.370 e. The molecule has 3 N–H and O–H groups in total. The molecule has 0 bridgehead atoms. The van der Waals surface area contributed by atoms with Gasteiger partial charge in [-0.1, -0.05) is 0 Å². The minimum atomic E-state index is -0.236. The molecule has 2 amide bonds. The Morgan fingerprint density at radius 1 is 1.17 bits per heavy atom. The highest BCUT2D eigenvalue weighted by Crippen LogP contribution is 2.19. The molecule has 0 aliphatic carbocycles. The zero-order valence-electron chi connectivity index (χ0n) is 14.8. The van der Waals surface area contributed by atoms with E-state index in [4.69, 9.17) is 5.73 Å². The lowest BCUT2D eigenvalue weighted by molar-refractivity contribution is -0.129. The highest BCUT2D eigenvalue weighted by molar-refractivity contribution is 5.81. The molecule has 0 aromatic rings. The van der Waals surface area contributed by atoms with E-state index in [-0.39, 0.29) is 11.8 Å². The number of carbonyl (C=O) groups is 2. The fraction of sp³-hybridized carbons (Fsp3) is 0.824. The van der Waals surface area contributed by atoms with Crippen LogP contribution in [-0.2, 0) is 9.59 Å². The molecule has 0 aromatic carbocycles. The summed E-state index contributed by atoms with van der Waals surface area (Å²) in [7, 11) is 0. The third-order valence-electron chi connectivity index (χ3n) is 4.69. The van der Waals surface area contributed by atoms with Gasteiger partial charge in [-0.15, -0.1) is 0 Å². The van der Waals surface area contributed by atoms with Gasteiger partial charge in [-0.25, -0.2) is 0 Å². The number of nitrogens with zero attached hydrogens (tertiary/aromatic N) is 3. The number of amides is 2. The van der Waals surface area contributed by atoms with Crippen molar-refractivity contribution in [2.75, 3.05) is 39.3 Å². The number of likely N-dealkylation sites (tertiary alicyclic amines) is 2. The lowest BCUT2D eigenvalue weighted by Crippen LogP contribution is -2.47. The summed E-state index contributed by atoms with van der Waals surface area (Å²) in [4.78, 5) is 32.0. The maximum Gasteiger partial charge on any atom is 0.224 e. The molecule has 0 radical (unpaired) electrons. The van der Waals surface area contributed by atoms with Crippen molar-refractivity contribution in [2.24, 2.45) is 16.6 Å². The van der Waals surface area contributed by atoms with Crippen LogP contribution in [-0.4, -0.2) is 66.8 Å². The highest BCUT2D eigenvalue weighted by atomic mass is 16.2. The SMILES string of the molecule is CCNC(=NCCC(=O)N1CCCC1)N1CCCC(CC(N)=O)C1. The average molecular weight is 337 g/mol. The molecule has 2 saturated heterocycles. The lowest BCUT2D eigenvalue weighted by atomic mass is 9.95. The topological polar surface area (TPSA) is 91.0 Å². The van der Waals surface area contributed by atoms with E-state index in [1.54, 1.807) is 0 Å². The number of aliphatic imine (C=N–C) groups is 1. The molecule has 2 aliphatic rings. The summed E-state index contributed by atoms with van der Waals surface area (Å²) >= 11 is 0. The number of rotatable bonds is 6. The van der Waals surface area contributed by atoms with Crippen LogP contribution in [0.1, 0.15) is 45.4 Å². The Kier molecular flexibility index (Phi) is 7.34. The summed E-state index contributed by atoms with van der Waals surface area (Å²) in [6, 6.07) is 0. The maximum atomic E-state index is 12.1. The smallest absolute Gasteiger partial charge is 0.224 e. The molecule has 0 aromatic heterocycles. The van der Waals surface area contributed by atoms with Crippen LogP contribution in [0.15, 0.2) is 4.99 Å². The van der Waals surface area contributed by atoms with E-state index >= 15 is 0 Å². The van der Waals surface area contributed by atoms with E-state index in [2.05, 4.69) is 15.2 Å². The molecule has 7 nitrogen and oxygen atoms in total. The molecular formula is C17H31N5O2. The quantitative estimate of drug-likeness (QED) is 0.547. The van der Waals surface area contributed by atoms with Crippen LogP contribution >= 0.6 is 0 Å². The van der Waals surface area contributed by atoms with Crippen molar-refractivity contribution < 1.29 is 9.59 Å². The van der Waals surface area contributed by atoms with Crippen molar-refractivity contribution in [3.05, 3.63) is 0 Å². The number of nitrogens with one attached hydrogen (secondary N) is 1. The second-order valence-electron chi connectivity index (χ2n) is 6.70. The molecule has 1 unspecified atom stereocenters. The van der Waals surface area contributed by atoms with Crippen molar-refractivity contribution in [1.82, 2.24) is 15.1 Å². The van der Waals surface area contributed by atoms with Crippen LogP contribution in [0.5, 0.6) is 0 Å². The molecule has 2 aliphatic heterocycles. The Hall–Kier alpha value is -1.79. The van der Waals surface area contributed by atoms with Crippen molar-refractivity contribution >= 4 is 17.8 Å². The van der Waals surface area contributed by atoms with E-state index in [1.165, 1.54) is 0 Å². The molecule has 0 saturated carbocycles. The Morgan fingerprint density at radius 2 is 1.88 bits per heavy atom. The third-order valence-corrected chi connectivity index (χ3v) is 4.69. The summed E-state index contributed by atoms with van der Waals surface area (Å²) < 4.78 is 0. The van der Waals surface area contributed by atoms with E-state index in [1.807, 2.05) is 11.8 Å². The highest BCUT2D eigenvalue weighted by Gasteiger charge is 2.23. The molecular weight excluding hydrogens is 306 g/mol. The number of primary amides is 1. The number of guanidine groups is 1. The van der Waals surface area contributed by atoms with Crippen LogP contribution in [0.25, 0.3) is 0 Å². The van der Waals surface area contributed by atoms with Crippen LogP contribution < -0.4 is 11.1 Å². The van der Waals surface area contributed by atoms with Gasteiger partial charge in [0.15, 0.2) is 5.96 Å². The third kappa shape index (κ3) is 5.69. The Morgan fingerprint density at radius 3 is 2.54 bits per heavy atom. The van der Waals surface area contributed by atoms with Crippen LogP contribution in [0.2, 0.25) is 0 Å². The summed E-state index contributed by atoms with van der Waals surface area (Å²) in [5.74, 6) is 1.12. The largest absolute Gasteiger partial charge is 0.370 e. The van der Waals surface area contributed by atoms with Gasteiger partial charge >= 0.3 is 0 Å². The Balaban J connectivity index is 1.86. The fourth-order valence-electron chi connectivity index (χ4n) is 3.52. The van der Waals surface area contributed by atoms with Crippen LogP contribution in [0.4, 0.5) is 0 Å². The molecule has 7 heteroatoms. The van der Waals surface area contributed by atoms with Crippen molar-refractivity contribution in [3.8, 4) is 0 Å². The van der Waals surface area contributed by atoms with E-state index < -0.39 is 0 Å². The van der Waals surface area contributed by atoms with Gasteiger partial charge < -0.3 is 20.9 Å². The van der Waals surface area contributed by atoms with Crippen LogP contribution in [0.3, 0.4) is 0 Å². The van der Waals surface area contributed by atoms with Crippen molar-refractivity contribution in [3.63, 3.8) is 0 Å². The van der Waals surface area contributed by atoms with Gasteiger partial charge in [0.2, 0.25) is 11.8 Å². The minimum absolute atomic E-state index is 0.206. The summed E-state index contributed by atoms with van der Waals surface area (Å²) in [5.41, 5.74) is 5.33. The second-order valence-corrected chi connectivity index (χ2v) is 6.70. The van der Waals surface area contributed by atoms with Gasteiger partial charge in [0.25, 0.3) is 0 Å². The van der Waals surface area contributed by atoms with Gasteiger partial charge in [0.05, 0.1) is 6.54 Å². The zero-order chi connectivity index (χ0) is 17.4. The van der Waals surface area contributed by atoms with E-state index in [0.717, 1.165) is 64.4 Å². The van der Waals surface area contributed by atoms with Crippen molar-refractivity contribution in [2.45, 2.75) is 45.4 Å². The van der Waals surface area contributed by atoms with E-state index in [0.29, 0.717) is 25.3 Å². The monoisotopic (exact) mass is 337 g/mol. The fourth-order valence-corrected chi connectivity index (χ4v) is 3.52. The second kappa shape index (κ2) is 9.49. The first-order valence-electron chi connectivity index (χ1n) is 9.19. The number of nitrogens with two attached hydrogens (primary N) is 1. The molecule has 24 heavy (non-hydrogen) atoms. The Bertz CT molecular complexity index is 460. The molecule has 0 spiro atoms. The number of piperidine rings is 1. The number of hydrogen-bond acceptors (Lipinski definition) is 3. The van der Waals surface area contributed by atoms with Gasteiger partial charge in [0.1, 0.15) is 0 Å². The normalized spacial score (nSPS) is 21.9. The van der Waals surface area contributed by atoms with Gasteiger partial charge in [-0.3, -0.25) is 14.6 Å². The number of hydrogen-bond donors (Lipinski definition) is 2. The van der Waals surface area contributed by atoms with Gasteiger partial charge in [0, 0.05) is 45.6 Å². The molecule has 2 rings (SSSR count). The van der Waals surface area contributed by atoms with E-state index in [9.17, 15) is 9.59 Å². The zero-order valence-corrected chi connectivity index (χ0v) is 14.8. The summed E-state index contributed by atoms with van der Waals surface area (Å²) in [6.45, 7) is 6.85. The van der Waals surface area contributed by atoms with Crippen LogP contribution in [0, 0.1) is 5.92 Å². The van der Waals surface area contributed by atoms with Crippen molar-refractivity contribution in [1.29, 1.82) is 0 Å². The maximum absolute atomic E-state index is 12.1. The van der Waals surface area contributed by atoms with Gasteiger partial charge in [-0.2, -0.15) is 0 Å². The standard InChI is InChI=1S/C17H31N5O2/c1-2-19-17(20-8-7-16(24)21-9-3-4-10-21)22-11-5-6-14(13-22)12-15(18)23/h14H,2-13H2,1H3,(H2,18,23)(H,19,20). The first-order valence-corrected chi connectivity index (χ1v) is 9.19. The average Bonchev–Trinajstić information content (AvgIpc) is 3.08. The molecule has 2 heterocycles. The molecule has 1 atom stereocenters. The predicted octanol–water partition coefficient (Wildman–Crippen LogP) is 0.552. The molecule has 2 fully saturated rings. The Labute approximate surface area is 144 Å². The predicted molar refractivity (Wildman–Crippen MR) is 94.5 cm³/mol.